The number of benzene rings is 1. The Hall–Kier alpha value is -1.26. The fourth-order valence-corrected chi connectivity index (χ4v) is 3.05. The Morgan fingerprint density at radius 2 is 2.00 bits per heavy atom. The van der Waals surface area contributed by atoms with E-state index in [-0.39, 0.29) is 5.92 Å². The predicted molar refractivity (Wildman–Crippen MR) is 86.7 cm³/mol. The van der Waals surface area contributed by atoms with Gasteiger partial charge in [-0.15, -0.1) is 0 Å². The third-order valence-electron chi connectivity index (χ3n) is 3.77. The predicted octanol–water partition coefficient (Wildman–Crippen LogP) is 3.42. The minimum absolute atomic E-state index is 0.0177. The molecule has 0 spiro atoms. The molecular formula is C16H22N2OS. The molecule has 0 fully saturated rings. The van der Waals surface area contributed by atoms with Gasteiger partial charge in [-0.2, -0.15) is 5.10 Å². The molecule has 1 N–H and O–H groups in total. The molecule has 1 aliphatic rings. The molecule has 1 aromatic rings. The molecule has 3 nitrogen and oxygen atoms in total. The molecule has 0 radical (unpaired) electrons. The summed E-state index contributed by atoms with van der Waals surface area (Å²) in [5, 5.41) is 17.0. The summed E-state index contributed by atoms with van der Waals surface area (Å²) < 4.78 is 0. The average Bonchev–Trinajstić information content (AvgIpc) is 2.62. The summed E-state index contributed by atoms with van der Waals surface area (Å²) in [6, 6.07) is 9.71. The van der Waals surface area contributed by atoms with Gasteiger partial charge in [0.25, 0.3) is 0 Å². The normalized spacial score (nSPS) is 26.0. The highest BCUT2D eigenvalue weighted by molar-refractivity contribution is 7.80. The van der Waals surface area contributed by atoms with Gasteiger partial charge in [-0.1, -0.05) is 56.4 Å². The van der Waals surface area contributed by atoms with Crippen LogP contribution in [-0.4, -0.2) is 26.5 Å². The van der Waals surface area contributed by atoms with E-state index in [4.69, 9.17) is 12.2 Å². The van der Waals surface area contributed by atoms with Crippen LogP contribution in [0.2, 0.25) is 0 Å². The Kier molecular flexibility index (Phi) is 4.25. The van der Waals surface area contributed by atoms with Crippen molar-refractivity contribution in [3.63, 3.8) is 0 Å². The molecule has 0 saturated heterocycles. The maximum absolute atomic E-state index is 10.9. The minimum Gasteiger partial charge on any atom is -0.369 e. The van der Waals surface area contributed by atoms with Gasteiger partial charge < -0.3 is 5.11 Å². The summed E-state index contributed by atoms with van der Waals surface area (Å²) in [6.07, 6.45) is 0.899. The van der Waals surface area contributed by atoms with Crippen LogP contribution in [0.3, 0.4) is 0 Å². The highest BCUT2D eigenvalue weighted by atomic mass is 32.1. The van der Waals surface area contributed by atoms with Gasteiger partial charge in [0.15, 0.2) is 5.72 Å². The second kappa shape index (κ2) is 5.62. The Morgan fingerprint density at radius 1 is 1.40 bits per heavy atom. The Bertz CT molecular complexity index is 523. The number of hydrogen-bond acceptors (Lipinski definition) is 3. The maximum Gasteiger partial charge on any atom is 0.164 e. The Balaban J connectivity index is 2.28. The van der Waals surface area contributed by atoms with E-state index in [2.05, 4.69) is 18.9 Å². The van der Waals surface area contributed by atoms with Gasteiger partial charge in [-0.3, -0.25) is 0 Å². The van der Waals surface area contributed by atoms with E-state index in [1.54, 1.807) is 11.9 Å². The lowest BCUT2D eigenvalue weighted by atomic mass is 9.86. The highest BCUT2D eigenvalue weighted by Crippen LogP contribution is 2.36. The van der Waals surface area contributed by atoms with Gasteiger partial charge in [-0.25, -0.2) is 5.01 Å². The van der Waals surface area contributed by atoms with Crippen molar-refractivity contribution in [1.29, 1.82) is 0 Å². The Labute approximate surface area is 126 Å². The van der Waals surface area contributed by atoms with E-state index in [1.165, 1.54) is 0 Å². The largest absolute Gasteiger partial charge is 0.369 e. The lowest BCUT2D eigenvalue weighted by Gasteiger charge is -2.34. The molecule has 108 valence electrons. The summed E-state index contributed by atoms with van der Waals surface area (Å²) in [7, 11) is 0. The molecule has 0 aliphatic carbocycles. The molecule has 2 atom stereocenters. The zero-order chi connectivity index (χ0) is 14.9. The fourth-order valence-electron chi connectivity index (χ4n) is 2.69. The third-order valence-corrected chi connectivity index (χ3v) is 4.18. The first kappa shape index (κ1) is 15.1. The topological polar surface area (TPSA) is 35.8 Å². The first-order chi connectivity index (χ1) is 9.34. The summed E-state index contributed by atoms with van der Waals surface area (Å²) in [4.78, 5) is 0.571. The Morgan fingerprint density at radius 3 is 2.55 bits per heavy atom. The van der Waals surface area contributed by atoms with E-state index in [0.29, 0.717) is 10.9 Å². The van der Waals surface area contributed by atoms with Crippen LogP contribution in [0.15, 0.2) is 35.4 Å². The molecule has 1 heterocycles. The molecule has 0 aromatic heterocycles. The van der Waals surface area contributed by atoms with Crippen molar-refractivity contribution in [1.82, 2.24) is 5.01 Å². The molecule has 0 bridgehead atoms. The third kappa shape index (κ3) is 2.76. The quantitative estimate of drug-likeness (QED) is 0.866. The zero-order valence-electron chi connectivity index (χ0n) is 12.5. The van der Waals surface area contributed by atoms with E-state index in [1.807, 2.05) is 37.3 Å². The van der Waals surface area contributed by atoms with E-state index in [0.717, 1.165) is 17.7 Å². The standard InChI is InChI=1S/C16H22N2OS/c1-11(2)10-14-12(3)17-18(16(14,4)19)15(20)13-8-6-5-7-9-13/h5-9,11,14,19H,10H2,1-4H3/t14-,16-/m1/s1. The van der Waals surface area contributed by atoms with Gasteiger partial charge in [-0.05, 0) is 26.2 Å². The number of thiocarbonyl (C=S) groups is 1. The van der Waals surface area contributed by atoms with E-state index >= 15 is 0 Å². The smallest absolute Gasteiger partial charge is 0.164 e. The molecule has 2 rings (SSSR count). The zero-order valence-corrected chi connectivity index (χ0v) is 13.3. The number of hydrazone groups is 1. The minimum atomic E-state index is -1.05. The monoisotopic (exact) mass is 290 g/mol. The molecule has 4 heteroatoms. The van der Waals surface area contributed by atoms with Crippen molar-refractivity contribution in [3.05, 3.63) is 35.9 Å². The molecule has 0 amide bonds. The molecule has 1 aliphatic heterocycles. The van der Waals surface area contributed by atoms with Crippen molar-refractivity contribution in [2.45, 2.75) is 39.8 Å². The first-order valence-electron chi connectivity index (χ1n) is 7.01. The summed E-state index contributed by atoms with van der Waals surface area (Å²) in [5.41, 5.74) is 0.799. The first-order valence-corrected chi connectivity index (χ1v) is 7.42. The molecular weight excluding hydrogens is 268 g/mol. The summed E-state index contributed by atoms with van der Waals surface area (Å²) in [5.74, 6) is 0.519. The van der Waals surface area contributed by atoms with E-state index in [9.17, 15) is 5.11 Å². The van der Waals surface area contributed by atoms with Crippen LogP contribution in [0.25, 0.3) is 0 Å². The van der Waals surface area contributed by atoms with Crippen molar-refractivity contribution in [2.24, 2.45) is 16.9 Å². The van der Waals surface area contributed by atoms with Crippen LogP contribution in [0, 0.1) is 11.8 Å². The van der Waals surface area contributed by atoms with Gasteiger partial charge in [0.1, 0.15) is 4.99 Å². The number of nitrogens with zero attached hydrogens (tertiary/aromatic N) is 2. The van der Waals surface area contributed by atoms with Crippen LogP contribution in [-0.2, 0) is 0 Å². The average molecular weight is 290 g/mol. The lowest BCUT2D eigenvalue weighted by molar-refractivity contribution is -0.0681. The van der Waals surface area contributed by atoms with Crippen LogP contribution in [0.4, 0.5) is 0 Å². The molecule has 20 heavy (non-hydrogen) atoms. The second-order valence-corrected chi connectivity index (χ2v) is 6.39. The van der Waals surface area contributed by atoms with Crippen molar-refractivity contribution in [2.75, 3.05) is 0 Å². The molecule has 1 aromatic carbocycles. The van der Waals surface area contributed by atoms with Gasteiger partial charge in [0.2, 0.25) is 0 Å². The van der Waals surface area contributed by atoms with Gasteiger partial charge in [0, 0.05) is 17.2 Å². The van der Waals surface area contributed by atoms with Gasteiger partial charge >= 0.3 is 0 Å². The molecule has 0 saturated carbocycles. The number of aliphatic hydroxyl groups is 1. The van der Waals surface area contributed by atoms with E-state index < -0.39 is 5.72 Å². The van der Waals surface area contributed by atoms with Crippen LogP contribution in [0.1, 0.15) is 39.7 Å². The number of rotatable bonds is 3. The van der Waals surface area contributed by atoms with Crippen molar-refractivity contribution in [3.8, 4) is 0 Å². The van der Waals surface area contributed by atoms with Crippen molar-refractivity contribution >= 4 is 22.9 Å². The number of hydrogen-bond donors (Lipinski definition) is 1. The van der Waals surface area contributed by atoms with Crippen LogP contribution in [0.5, 0.6) is 0 Å². The second-order valence-electron chi connectivity index (χ2n) is 6.00. The summed E-state index contributed by atoms with van der Waals surface area (Å²) in [6.45, 7) is 8.08. The van der Waals surface area contributed by atoms with Crippen molar-refractivity contribution < 1.29 is 5.11 Å². The van der Waals surface area contributed by atoms with Crippen LogP contribution < -0.4 is 0 Å². The lowest BCUT2D eigenvalue weighted by Crippen LogP contribution is -2.48. The highest BCUT2D eigenvalue weighted by Gasteiger charge is 2.46. The summed E-state index contributed by atoms with van der Waals surface area (Å²) >= 11 is 5.51. The molecule has 0 unspecified atom stereocenters. The fraction of sp³-hybridized carbons (Fsp3) is 0.500. The SMILES string of the molecule is CC1=NN(C(=S)c2ccccc2)[C@](C)(O)[C@@H]1CC(C)C. The van der Waals surface area contributed by atoms with Crippen LogP contribution >= 0.6 is 12.2 Å². The van der Waals surface area contributed by atoms with Gasteiger partial charge in [0.05, 0.1) is 0 Å². The maximum atomic E-state index is 10.9.